The van der Waals surface area contributed by atoms with E-state index in [1.165, 1.54) is 4.90 Å². The number of fused-ring (bicyclic) bond motifs is 1. The summed E-state index contributed by atoms with van der Waals surface area (Å²) in [5.41, 5.74) is -0.854. The normalized spacial score (nSPS) is 32.8. The van der Waals surface area contributed by atoms with Gasteiger partial charge in [0.1, 0.15) is 5.60 Å². The van der Waals surface area contributed by atoms with Crippen molar-refractivity contribution in [3.63, 3.8) is 0 Å². The first-order valence-corrected chi connectivity index (χ1v) is 6.32. The Hall–Kier alpha value is -1.06. The second-order valence-electron chi connectivity index (χ2n) is 6.33. The second-order valence-corrected chi connectivity index (χ2v) is 6.33. The highest BCUT2D eigenvalue weighted by atomic mass is 16.6. The summed E-state index contributed by atoms with van der Waals surface area (Å²) in [7, 11) is 0. The van der Waals surface area contributed by atoms with Gasteiger partial charge >= 0.3 is 6.09 Å². The SMILES string of the molecule is CC(C)(C)OC(=O)N1C(=O)C2(C)CCCCC12. The van der Waals surface area contributed by atoms with E-state index in [0.717, 1.165) is 25.7 Å². The lowest BCUT2D eigenvalue weighted by Gasteiger charge is -2.55. The molecule has 1 aliphatic heterocycles. The molecule has 1 saturated carbocycles. The molecule has 2 unspecified atom stereocenters. The quantitative estimate of drug-likeness (QED) is 0.611. The topological polar surface area (TPSA) is 46.6 Å². The largest absolute Gasteiger partial charge is 0.443 e. The fourth-order valence-corrected chi connectivity index (χ4v) is 2.85. The highest BCUT2D eigenvalue weighted by molar-refractivity contribution is 6.02. The monoisotopic (exact) mass is 239 g/mol. The molecule has 96 valence electrons. The highest BCUT2D eigenvalue weighted by Gasteiger charge is 2.61. The van der Waals surface area contributed by atoms with Gasteiger partial charge in [0.05, 0.1) is 11.5 Å². The van der Waals surface area contributed by atoms with Crippen molar-refractivity contribution in [3.05, 3.63) is 0 Å². The van der Waals surface area contributed by atoms with Gasteiger partial charge in [0, 0.05) is 0 Å². The van der Waals surface area contributed by atoms with E-state index in [1.807, 2.05) is 27.7 Å². The van der Waals surface area contributed by atoms with E-state index in [9.17, 15) is 9.59 Å². The van der Waals surface area contributed by atoms with Crippen LogP contribution in [0.2, 0.25) is 0 Å². The van der Waals surface area contributed by atoms with Crippen molar-refractivity contribution in [1.29, 1.82) is 0 Å². The summed E-state index contributed by atoms with van der Waals surface area (Å²) >= 11 is 0. The molecular formula is C13H21NO3. The Labute approximate surface area is 102 Å². The molecule has 0 aromatic heterocycles. The number of nitrogens with zero attached hydrogens (tertiary/aromatic N) is 1. The van der Waals surface area contributed by atoms with Gasteiger partial charge in [-0.25, -0.2) is 9.69 Å². The van der Waals surface area contributed by atoms with Gasteiger partial charge in [-0.1, -0.05) is 12.8 Å². The van der Waals surface area contributed by atoms with Gasteiger partial charge in [0.25, 0.3) is 0 Å². The van der Waals surface area contributed by atoms with Crippen LogP contribution in [0, 0.1) is 5.41 Å². The molecule has 1 aliphatic carbocycles. The third-order valence-corrected chi connectivity index (χ3v) is 3.77. The average Bonchev–Trinajstić information content (AvgIpc) is 2.18. The van der Waals surface area contributed by atoms with Crippen LogP contribution in [0.15, 0.2) is 0 Å². The van der Waals surface area contributed by atoms with E-state index in [2.05, 4.69) is 0 Å². The molecule has 4 heteroatoms. The molecule has 0 radical (unpaired) electrons. The Morgan fingerprint density at radius 2 is 2.06 bits per heavy atom. The summed E-state index contributed by atoms with van der Waals surface area (Å²) < 4.78 is 5.27. The minimum Gasteiger partial charge on any atom is -0.443 e. The van der Waals surface area contributed by atoms with Gasteiger partial charge < -0.3 is 4.74 Å². The Bertz CT molecular complexity index is 358. The van der Waals surface area contributed by atoms with E-state index >= 15 is 0 Å². The van der Waals surface area contributed by atoms with Crippen molar-refractivity contribution in [2.75, 3.05) is 0 Å². The first kappa shape index (κ1) is 12.4. The van der Waals surface area contributed by atoms with Crippen molar-refractivity contribution < 1.29 is 14.3 Å². The third kappa shape index (κ3) is 1.94. The Balaban J connectivity index is 2.09. The van der Waals surface area contributed by atoms with Crippen LogP contribution in [-0.4, -0.2) is 28.5 Å². The number of carbonyl (C=O) groups is 2. The van der Waals surface area contributed by atoms with E-state index in [4.69, 9.17) is 4.74 Å². The molecule has 4 nitrogen and oxygen atoms in total. The van der Waals surface area contributed by atoms with Crippen molar-refractivity contribution in [1.82, 2.24) is 4.90 Å². The van der Waals surface area contributed by atoms with Gasteiger partial charge in [-0.2, -0.15) is 0 Å². The summed E-state index contributed by atoms with van der Waals surface area (Å²) in [5, 5.41) is 0. The minimum atomic E-state index is -0.544. The summed E-state index contributed by atoms with van der Waals surface area (Å²) in [4.78, 5) is 25.3. The molecule has 2 atom stereocenters. The van der Waals surface area contributed by atoms with Gasteiger partial charge in [-0.05, 0) is 40.5 Å². The van der Waals surface area contributed by atoms with E-state index in [-0.39, 0.29) is 17.4 Å². The lowest BCUT2D eigenvalue weighted by atomic mass is 9.64. The molecular weight excluding hydrogens is 218 g/mol. The van der Waals surface area contributed by atoms with Crippen LogP contribution >= 0.6 is 0 Å². The molecule has 2 fully saturated rings. The number of imide groups is 1. The van der Waals surface area contributed by atoms with E-state index in [0.29, 0.717) is 0 Å². The van der Waals surface area contributed by atoms with Crippen LogP contribution in [0.4, 0.5) is 4.79 Å². The summed E-state index contributed by atoms with van der Waals surface area (Å²) in [5.74, 6) is -0.0588. The van der Waals surface area contributed by atoms with Gasteiger partial charge in [-0.3, -0.25) is 4.79 Å². The van der Waals surface area contributed by atoms with Crippen LogP contribution in [0.3, 0.4) is 0 Å². The molecule has 0 spiro atoms. The predicted molar refractivity (Wildman–Crippen MR) is 63.4 cm³/mol. The molecule has 0 N–H and O–H groups in total. The van der Waals surface area contributed by atoms with Crippen LogP contribution in [0.25, 0.3) is 0 Å². The summed E-state index contributed by atoms with van der Waals surface area (Å²) in [6.45, 7) is 7.42. The summed E-state index contributed by atoms with van der Waals surface area (Å²) in [6.07, 6.45) is 3.51. The number of ether oxygens (including phenoxy) is 1. The lowest BCUT2D eigenvalue weighted by Crippen LogP contribution is -2.70. The molecule has 2 aliphatic rings. The number of likely N-dealkylation sites (tertiary alicyclic amines) is 1. The third-order valence-electron chi connectivity index (χ3n) is 3.77. The van der Waals surface area contributed by atoms with E-state index < -0.39 is 11.7 Å². The maximum Gasteiger partial charge on any atom is 0.417 e. The van der Waals surface area contributed by atoms with Crippen LogP contribution in [0.1, 0.15) is 53.4 Å². The maximum atomic E-state index is 12.1. The Morgan fingerprint density at radius 3 is 2.65 bits per heavy atom. The number of hydrogen-bond donors (Lipinski definition) is 0. The summed E-state index contributed by atoms with van der Waals surface area (Å²) in [6, 6.07) is 0.0543. The Morgan fingerprint density at radius 1 is 1.41 bits per heavy atom. The standard InChI is InChI=1S/C13H21NO3/c1-12(2,3)17-11(16)14-9-7-5-6-8-13(9,4)10(14)15/h9H,5-8H2,1-4H3. The maximum absolute atomic E-state index is 12.1. The molecule has 1 saturated heterocycles. The zero-order valence-electron chi connectivity index (χ0n) is 11.1. The molecule has 17 heavy (non-hydrogen) atoms. The van der Waals surface area contributed by atoms with E-state index in [1.54, 1.807) is 0 Å². The first-order valence-electron chi connectivity index (χ1n) is 6.32. The minimum absolute atomic E-state index is 0.0543. The molecule has 0 aromatic carbocycles. The number of amides is 2. The molecule has 0 bridgehead atoms. The number of carbonyl (C=O) groups excluding carboxylic acids is 2. The van der Waals surface area contributed by atoms with Crippen LogP contribution in [-0.2, 0) is 9.53 Å². The van der Waals surface area contributed by atoms with Crippen molar-refractivity contribution in [2.24, 2.45) is 5.41 Å². The molecule has 0 aromatic rings. The van der Waals surface area contributed by atoms with Crippen molar-refractivity contribution >= 4 is 12.0 Å². The highest BCUT2D eigenvalue weighted by Crippen LogP contribution is 2.49. The van der Waals surface area contributed by atoms with Crippen molar-refractivity contribution in [3.8, 4) is 0 Å². The smallest absolute Gasteiger partial charge is 0.417 e. The fraction of sp³-hybridized carbons (Fsp3) is 0.846. The molecule has 2 amide bonds. The zero-order valence-corrected chi connectivity index (χ0v) is 11.1. The second kappa shape index (κ2) is 3.72. The number of rotatable bonds is 0. The van der Waals surface area contributed by atoms with Crippen LogP contribution in [0.5, 0.6) is 0 Å². The number of β-lactam (4-membered cyclic amide) rings is 1. The number of hydrogen-bond acceptors (Lipinski definition) is 3. The van der Waals surface area contributed by atoms with Gasteiger partial charge in [0.15, 0.2) is 0 Å². The van der Waals surface area contributed by atoms with Crippen molar-refractivity contribution in [2.45, 2.75) is 65.0 Å². The molecule has 2 rings (SSSR count). The van der Waals surface area contributed by atoms with Gasteiger partial charge in [0.2, 0.25) is 5.91 Å². The van der Waals surface area contributed by atoms with Crippen LogP contribution < -0.4 is 0 Å². The average molecular weight is 239 g/mol. The predicted octanol–water partition coefficient (Wildman–Crippen LogP) is 2.71. The zero-order chi connectivity index (χ0) is 12.8. The lowest BCUT2D eigenvalue weighted by molar-refractivity contribution is -0.171. The Kier molecular flexibility index (Phi) is 2.71. The molecule has 1 heterocycles. The fourth-order valence-electron chi connectivity index (χ4n) is 2.85. The first-order chi connectivity index (χ1) is 7.76. The van der Waals surface area contributed by atoms with Gasteiger partial charge in [-0.15, -0.1) is 0 Å².